The number of hydrogen-bond acceptors (Lipinski definition) is 5. The van der Waals surface area contributed by atoms with Gasteiger partial charge in [0.1, 0.15) is 19.0 Å². The van der Waals surface area contributed by atoms with Gasteiger partial charge in [0.05, 0.1) is 6.54 Å². The first kappa shape index (κ1) is 14.2. The number of aryl methyl sites for hydroxylation is 1. The molecule has 0 fully saturated rings. The molecule has 0 unspecified atom stereocenters. The van der Waals surface area contributed by atoms with Crippen molar-refractivity contribution in [3.8, 4) is 0 Å². The molecule has 1 aromatic carbocycles. The van der Waals surface area contributed by atoms with Crippen LogP contribution in [0, 0.1) is 6.92 Å². The second-order valence-corrected chi connectivity index (χ2v) is 4.41. The molecular formula is C14H18N4O2. The molecule has 0 saturated carbocycles. The number of nitrogens with one attached hydrogen (secondary N) is 1. The Morgan fingerprint density at radius 2 is 2.10 bits per heavy atom. The Kier molecular flexibility index (Phi) is 4.84. The van der Waals surface area contributed by atoms with Gasteiger partial charge in [0, 0.05) is 0 Å². The van der Waals surface area contributed by atoms with Crippen LogP contribution >= 0.6 is 0 Å². The molecule has 1 aromatic heterocycles. The van der Waals surface area contributed by atoms with Gasteiger partial charge in [0.15, 0.2) is 5.82 Å². The summed E-state index contributed by atoms with van der Waals surface area (Å²) in [7, 11) is 1.82. The van der Waals surface area contributed by atoms with E-state index in [-0.39, 0.29) is 19.1 Å². The van der Waals surface area contributed by atoms with Crippen LogP contribution in [0.25, 0.3) is 0 Å². The summed E-state index contributed by atoms with van der Waals surface area (Å²) in [5, 5.41) is 7.21. The van der Waals surface area contributed by atoms with Crippen LogP contribution in [0.4, 0.5) is 0 Å². The Bertz CT molecular complexity index is 566. The van der Waals surface area contributed by atoms with Crippen molar-refractivity contribution in [2.24, 2.45) is 0 Å². The Hall–Kier alpha value is -2.21. The maximum absolute atomic E-state index is 11.8. The summed E-state index contributed by atoms with van der Waals surface area (Å²) < 4.78 is 6.77. The zero-order valence-electron chi connectivity index (χ0n) is 11.7. The summed E-state index contributed by atoms with van der Waals surface area (Å²) in [5.41, 5.74) is 0.965. The number of hydrogen-bond donors (Lipinski definition) is 1. The Labute approximate surface area is 117 Å². The van der Waals surface area contributed by atoms with Gasteiger partial charge in [0.2, 0.25) is 0 Å². The number of esters is 1. The molecule has 2 aromatic rings. The van der Waals surface area contributed by atoms with Gasteiger partial charge >= 0.3 is 5.97 Å². The number of carbonyl (C=O) groups is 1. The smallest absolute Gasteiger partial charge is 0.328 e. The molecule has 0 aliphatic carbocycles. The first-order valence-electron chi connectivity index (χ1n) is 6.43. The lowest BCUT2D eigenvalue weighted by Gasteiger charge is -2.05. The van der Waals surface area contributed by atoms with E-state index in [9.17, 15) is 4.79 Å². The van der Waals surface area contributed by atoms with Gasteiger partial charge in [-0.05, 0) is 19.5 Å². The summed E-state index contributed by atoms with van der Waals surface area (Å²) in [6, 6.07) is 9.58. The quantitative estimate of drug-likeness (QED) is 0.797. The fourth-order valence-electron chi connectivity index (χ4n) is 1.77. The largest absolute Gasteiger partial charge is 0.459 e. The van der Waals surface area contributed by atoms with Gasteiger partial charge in [-0.15, -0.1) is 0 Å². The van der Waals surface area contributed by atoms with Crippen LogP contribution in [0.5, 0.6) is 0 Å². The number of ether oxygens (including phenoxy) is 1. The van der Waals surface area contributed by atoms with Gasteiger partial charge in [-0.1, -0.05) is 30.3 Å². The highest BCUT2D eigenvalue weighted by Crippen LogP contribution is 2.02. The summed E-state index contributed by atoms with van der Waals surface area (Å²) >= 11 is 0. The molecule has 0 aliphatic heterocycles. The maximum atomic E-state index is 11.8. The van der Waals surface area contributed by atoms with Crippen LogP contribution in [0.1, 0.15) is 17.2 Å². The molecule has 0 atom stereocenters. The lowest BCUT2D eigenvalue weighted by molar-refractivity contribution is -0.145. The average molecular weight is 274 g/mol. The van der Waals surface area contributed by atoms with E-state index in [1.807, 2.05) is 44.3 Å². The van der Waals surface area contributed by atoms with Gasteiger partial charge in [-0.25, -0.2) is 9.67 Å². The van der Waals surface area contributed by atoms with Crippen LogP contribution in [0.15, 0.2) is 30.3 Å². The molecule has 0 spiro atoms. The SMILES string of the molecule is CNCc1nc(C)n(CC(=O)OCc2ccccc2)n1. The minimum absolute atomic E-state index is 0.0788. The van der Waals surface area contributed by atoms with Crippen LogP contribution < -0.4 is 5.32 Å². The van der Waals surface area contributed by atoms with Gasteiger partial charge < -0.3 is 10.1 Å². The zero-order valence-corrected chi connectivity index (χ0v) is 11.7. The van der Waals surface area contributed by atoms with Crippen LogP contribution in [0.3, 0.4) is 0 Å². The molecule has 1 heterocycles. The Morgan fingerprint density at radius 3 is 2.80 bits per heavy atom. The number of aromatic nitrogens is 3. The van der Waals surface area contributed by atoms with E-state index in [1.165, 1.54) is 0 Å². The highest BCUT2D eigenvalue weighted by molar-refractivity contribution is 5.69. The minimum Gasteiger partial charge on any atom is -0.459 e. The van der Waals surface area contributed by atoms with Crippen molar-refractivity contribution < 1.29 is 9.53 Å². The molecule has 1 N–H and O–H groups in total. The topological polar surface area (TPSA) is 69.0 Å². The molecule has 0 amide bonds. The van der Waals surface area contributed by atoms with E-state index in [1.54, 1.807) is 4.68 Å². The third-order valence-electron chi connectivity index (χ3n) is 2.76. The number of carbonyl (C=O) groups excluding carboxylic acids is 1. The number of nitrogens with zero attached hydrogens (tertiary/aromatic N) is 3. The fraction of sp³-hybridized carbons (Fsp3) is 0.357. The second kappa shape index (κ2) is 6.81. The van der Waals surface area contributed by atoms with Crippen LogP contribution in [0.2, 0.25) is 0 Å². The van der Waals surface area contributed by atoms with E-state index in [4.69, 9.17) is 4.74 Å². The molecule has 0 radical (unpaired) electrons. The maximum Gasteiger partial charge on any atom is 0.328 e. The lowest BCUT2D eigenvalue weighted by atomic mass is 10.2. The first-order chi connectivity index (χ1) is 9.69. The standard InChI is InChI=1S/C14H18N4O2/c1-11-16-13(8-15-2)17-18(11)9-14(19)20-10-12-6-4-3-5-7-12/h3-7,15H,8-10H2,1-2H3. The summed E-state index contributed by atoms with van der Waals surface area (Å²) in [4.78, 5) is 16.0. The third-order valence-corrected chi connectivity index (χ3v) is 2.76. The van der Waals surface area contributed by atoms with E-state index in [0.717, 1.165) is 5.56 Å². The van der Waals surface area contributed by atoms with Gasteiger partial charge in [-0.2, -0.15) is 5.10 Å². The minimum atomic E-state index is -0.321. The van der Waals surface area contributed by atoms with Crippen molar-refractivity contribution in [3.05, 3.63) is 47.5 Å². The molecule has 0 saturated heterocycles. The van der Waals surface area contributed by atoms with Crippen LogP contribution in [-0.4, -0.2) is 27.8 Å². The summed E-state index contributed by atoms with van der Waals surface area (Å²) in [5.74, 6) is 1.05. The fourth-order valence-corrected chi connectivity index (χ4v) is 1.77. The lowest BCUT2D eigenvalue weighted by Crippen LogP contribution is -2.16. The molecule has 6 nitrogen and oxygen atoms in total. The molecule has 2 rings (SSSR count). The zero-order chi connectivity index (χ0) is 14.4. The predicted molar refractivity (Wildman–Crippen MR) is 73.8 cm³/mol. The Morgan fingerprint density at radius 1 is 1.35 bits per heavy atom. The van der Waals surface area contributed by atoms with E-state index in [0.29, 0.717) is 18.2 Å². The van der Waals surface area contributed by atoms with E-state index < -0.39 is 0 Å². The molecule has 6 heteroatoms. The average Bonchev–Trinajstić information content (AvgIpc) is 2.78. The predicted octanol–water partition coefficient (Wildman–Crippen LogP) is 1.05. The molecular weight excluding hydrogens is 256 g/mol. The Balaban J connectivity index is 1.88. The molecule has 106 valence electrons. The highest BCUT2D eigenvalue weighted by Gasteiger charge is 2.10. The van der Waals surface area contributed by atoms with Crippen molar-refractivity contribution in [1.82, 2.24) is 20.1 Å². The van der Waals surface area contributed by atoms with Crippen molar-refractivity contribution in [2.75, 3.05) is 7.05 Å². The van der Waals surface area contributed by atoms with Crippen molar-refractivity contribution in [2.45, 2.75) is 26.6 Å². The van der Waals surface area contributed by atoms with Gasteiger partial charge in [-0.3, -0.25) is 4.79 Å². The number of benzene rings is 1. The summed E-state index contributed by atoms with van der Waals surface area (Å²) in [6.45, 7) is 2.75. The monoisotopic (exact) mass is 274 g/mol. The first-order valence-corrected chi connectivity index (χ1v) is 6.43. The highest BCUT2D eigenvalue weighted by atomic mass is 16.5. The van der Waals surface area contributed by atoms with Crippen LogP contribution in [-0.2, 0) is 29.2 Å². The molecule has 0 bridgehead atoms. The van der Waals surface area contributed by atoms with Crippen molar-refractivity contribution >= 4 is 5.97 Å². The van der Waals surface area contributed by atoms with E-state index >= 15 is 0 Å². The second-order valence-electron chi connectivity index (χ2n) is 4.41. The van der Waals surface area contributed by atoms with Crippen molar-refractivity contribution in [3.63, 3.8) is 0 Å². The third kappa shape index (κ3) is 3.89. The molecule has 0 aliphatic rings. The molecule has 20 heavy (non-hydrogen) atoms. The van der Waals surface area contributed by atoms with E-state index in [2.05, 4.69) is 15.4 Å². The van der Waals surface area contributed by atoms with Crippen molar-refractivity contribution in [1.29, 1.82) is 0 Å². The summed E-state index contributed by atoms with van der Waals surface area (Å²) in [6.07, 6.45) is 0. The van der Waals surface area contributed by atoms with Gasteiger partial charge in [0.25, 0.3) is 0 Å². The normalized spacial score (nSPS) is 10.5. The number of rotatable bonds is 6.